The highest BCUT2D eigenvalue weighted by molar-refractivity contribution is 5.53. The molecule has 0 atom stereocenters. The quantitative estimate of drug-likeness (QED) is 0.896. The molecular formula is C16H13FN2. The van der Waals surface area contributed by atoms with Crippen LogP contribution in [-0.2, 0) is 6.42 Å². The van der Waals surface area contributed by atoms with E-state index >= 15 is 0 Å². The SMILES string of the molecule is C=C(Cc1ccccc1)Nc1ccc(F)c(C#N)c1. The number of nitrogens with zero attached hydrogens (tertiary/aromatic N) is 1. The van der Waals surface area contributed by atoms with Crippen molar-refractivity contribution in [3.63, 3.8) is 0 Å². The maximum absolute atomic E-state index is 13.2. The number of hydrogen-bond acceptors (Lipinski definition) is 2. The first kappa shape index (κ1) is 12.8. The van der Waals surface area contributed by atoms with E-state index in [-0.39, 0.29) is 5.56 Å². The standard InChI is InChI=1S/C16H13FN2/c1-12(9-13-5-3-2-4-6-13)19-15-7-8-16(17)14(10-15)11-18/h2-8,10,19H,1,9H2. The third-order valence-corrected chi connectivity index (χ3v) is 2.67. The molecule has 94 valence electrons. The van der Waals surface area contributed by atoms with Gasteiger partial charge in [0.2, 0.25) is 0 Å². The van der Waals surface area contributed by atoms with Gasteiger partial charge in [0, 0.05) is 17.8 Å². The Hall–Kier alpha value is -2.60. The second-order valence-electron chi connectivity index (χ2n) is 4.20. The Balaban J connectivity index is 2.06. The van der Waals surface area contributed by atoms with Gasteiger partial charge < -0.3 is 5.32 Å². The summed E-state index contributed by atoms with van der Waals surface area (Å²) in [4.78, 5) is 0. The first-order chi connectivity index (χ1) is 9.19. The van der Waals surface area contributed by atoms with E-state index in [2.05, 4.69) is 11.9 Å². The summed E-state index contributed by atoms with van der Waals surface area (Å²) in [7, 11) is 0. The highest BCUT2D eigenvalue weighted by atomic mass is 19.1. The molecule has 0 aliphatic rings. The van der Waals surface area contributed by atoms with Crippen LogP contribution in [0.15, 0.2) is 60.8 Å². The fourth-order valence-corrected chi connectivity index (χ4v) is 1.78. The third-order valence-electron chi connectivity index (χ3n) is 2.67. The van der Waals surface area contributed by atoms with Crippen molar-refractivity contribution in [2.45, 2.75) is 6.42 Å². The monoisotopic (exact) mass is 252 g/mol. The van der Waals surface area contributed by atoms with Gasteiger partial charge in [0.15, 0.2) is 0 Å². The lowest BCUT2D eigenvalue weighted by Crippen LogP contribution is -2.02. The zero-order chi connectivity index (χ0) is 13.7. The lowest BCUT2D eigenvalue weighted by atomic mass is 10.1. The Kier molecular flexibility index (Phi) is 3.94. The number of benzene rings is 2. The summed E-state index contributed by atoms with van der Waals surface area (Å²) in [5.41, 5.74) is 2.63. The molecule has 0 aliphatic heterocycles. The Morgan fingerprint density at radius 3 is 2.63 bits per heavy atom. The molecule has 0 radical (unpaired) electrons. The second kappa shape index (κ2) is 5.83. The summed E-state index contributed by atoms with van der Waals surface area (Å²) in [6.45, 7) is 3.94. The molecule has 1 N–H and O–H groups in total. The van der Waals surface area contributed by atoms with Gasteiger partial charge in [-0.05, 0) is 23.8 Å². The molecule has 0 aliphatic carbocycles. The van der Waals surface area contributed by atoms with Crippen LogP contribution in [0.2, 0.25) is 0 Å². The average Bonchev–Trinajstić information content (AvgIpc) is 2.42. The van der Waals surface area contributed by atoms with E-state index in [1.54, 1.807) is 6.07 Å². The van der Waals surface area contributed by atoms with Gasteiger partial charge in [0.25, 0.3) is 0 Å². The predicted molar refractivity (Wildman–Crippen MR) is 74.0 cm³/mol. The highest BCUT2D eigenvalue weighted by Gasteiger charge is 2.03. The van der Waals surface area contributed by atoms with Gasteiger partial charge in [-0.1, -0.05) is 36.9 Å². The maximum atomic E-state index is 13.2. The zero-order valence-electron chi connectivity index (χ0n) is 10.4. The molecule has 2 aromatic carbocycles. The minimum Gasteiger partial charge on any atom is -0.359 e. The van der Waals surface area contributed by atoms with E-state index in [9.17, 15) is 4.39 Å². The van der Waals surface area contributed by atoms with E-state index in [0.717, 1.165) is 11.3 Å². The fourth-order valence-electron chi connectivity index (χ4n) is 1.78. The molecular weight excluding hydrogens is 239 g/mol. The normalized spacial score (nSPS) is 9.68. The van der Waals surface area contributed by atoms with Gasteiger partial charge in [-0.2, -0.15) is 5.26 Å². The molecule has 0 spiro atoms. The van der Waals surface area contributed by atoms with Crippen LogP contribution in [0.25, 0.3) is 0 Å². The molecule has 0 heterocycles. The van der Waals surface area contributed by atoms with E-state index < -0.39 is 5.82 Å². The largest absolute Gasteiger partial charge is 0.359 e. The van der Waals surface area contributed by atoms with Crippen molar-refractivity contribution >= 4 is 5.69 Å². The van der Waals surface area contributed by atoms with E-state index in [1.807, 2.05) is 36.4 Å². The molecule has 19 heavy (non-hydrogen) atoms. The van der Waals surface area contributed by atoms with Crippen molar-refractivity contribution < 1.29 is 4.39 Å². The number of rotatable bonds is 4. The Morgan fingerprint density at radius 1 is 1.21 bits per heavy atom. The smallest absolute Gasteiger partial charge is 0.141 e. The number of halogens is 1. The highest BCUT2D eigenvalue weighted by Crippen LogP contribution is 2.16. The van der Waals surface area contributed by atoms with Gasteiger partial charge in [0.1, 0.15) is 11.9 Å². The predicted octanol–water partition coefficient (Wildman–Crippen LogP) is 3.87. The summed E-state index contributed by atoms with van der Waals surface area (Å²) >= 11 is 0. The van der Waals surface area contributed by atoms with Gasteiger partial charge in [0.05, 0.1) is 5.56 Å². The van der Waals surface area contributed by atoms with E-state index in [4.69, 9.17) is 5.26 Å². The third kappa shape index (κ3) is 3.43. The van der Waals surface area contributed by atoms with Crippen LogP contribution in [0.4, 0.5) is 10.1 Å². The van der Waals surface area contributed by atoms with Gasteiger partial charge >= 0.3 is 0 Å². The fraction of sp³-hybridized carbons (Fsp3) is 0.0625. The first-order valence-corrected chi connectivity index (χ1v) is 5.87. The molecule has 3 heteroatoms. The van der Waals surface area contributed by atoms with Crippen molar-refractivity contribution in [2.24, 2.45) is 0 Å². The molecule has 0 fully saturated rings. The average molecular weight is 252 g/mol. The Labute approximate surface area is 111 Å². The maximum Gasteiger partial charge on any atom is 0.141 e. The molecule has 2 nitrogen and oxygen atoms in total. The Bertz CT molecular complexity index is 627. The number of nitriles is 1. The number of allylic oxidation sites excluding steroid dienone is 1. The van der Waals surface area contributed by atoms with Crippen molar-refractivity contribution in [3.05, 3.63) is 77.8 Å². The van der Waals surface area contributed by atoms with Crippen LogP contribution in [-0.4, -0.2) is 0 Å². The minimum absolute atomic E-state index is 0.0255. The lowest BCUT2D eigenvalue weighted by Gasteiger charge is -2.10. The minimum atomic E-state index is -0.512. The Morgan fingerprint density at radius 2 is 1.95 bits per heavy atom. The summed E-state index contributed by atoms with van der Waals surface area (Å²) < 4.78 is 13.2. The lowest BCUT2D eigenvalue weighted by molar-refractivity contribution is 0.624. The molecule has 0 amide bonds. The number of nitrogens with one attached hydrogen (secondary N) is 1. The van der Waals surface area contributed by atoms with Crippen LogP contribution < -0.4 is 5.32 Å². The van der Waals surface area contributed by atoms with Gasteiger partial charge in [-0.3, -0.25) is 0 Å². The summed E-state index contributed by atoms with van der Waals surface area (Å²) in [5.74, 6) is -0.512. The van der Waals surface area contributed by atoms with Crippen molar-refractivity contribution in [1.29, 1.82) is 5.26 Å². The zero-order valence-corrected chi connectivity index (χ0v) is 10.4. The van der Waals surface area contributed by atoms with Gasteiger partial charge in [-0.25, -0.2) is 4.39 Å². The van der Waals surface area contributed by atoms with Crippen molar-refractivity contribution in [2.75, 3.05) is 5.32 Å². The molecule has 0 bridgehead atoms. The van der Waals surface area contributed by atoms with Crippen LogP contribution in [0.3, 0.4) is 0 Å². The van der Waals surface area contributed by atoms with Gasteiger partial charge in [-0.15, -0.1) is 0 Å². The molecule has 0 saturated heterocycles. The second-order valence-corrected chi connectivity index (χ2v) is 4.20. The summed E-state index contributed by atoms with van der Waals surface area (Å²) in [6, 6.07) is 16.1. The van der Waals surface area contributed by atoms with Crippen LogP contribution in [0.5, 0.6) is 0 Å². The van der Waals surface area contributed by atoms with Crippen molar-refractivity contribution in [3.8, 4) is 6.07 Å². The number of anilines is 1. The topological polar surface area (TPSA) is 35.8 Å². The number of hydrogen-bond donors (Lipinski definition) is 1. The van der Waals surface area contributed by atoms with Crippen molar-refractivity contribution in [1.82, 2.24) is 0 Å². The summed E-state index contributed by atoms with van der Waals surface area (Å²) in [6.07, 6.45) is 0.681. The molecule has 2 aromatic rings. The van der Waals surface area contributed by atoms with E-state index in [1.165, 1.54) is 12.1 Å². The molecule has 2 rings (SSSR count). The van der Waals surface area contributed by atoms with Crippen LogP contribution in [0, 0.1) is 17.1 Å². The first-order valence-electron chi connectivity index (χ1n) is 5.87. The summed E-state index contributed by atoms with van der Waals surface area (Å²) in [5, 5.41) is 11.9. The molecule has 0 aromatic heterocycles. The molecule has 0 saturated carbocycles. The van der Waals surface area contributed by atoms with E-state index in [0.29, 0.717) is 12.1 Å². The van der Waals surface area contributed by atoms with Crippen LogP contribution >= 0.6 is 0 Å². The van der Waals surface area contributed by atoms with Crippen LogP contribution in [0.1, 0.15) is 11.1 Å². The molecule has 0 unspecified atom stereocenters.